The molecule has 0 aliphatic heterocycles. The lowest BCUT2D eigenvalue weighted by Gasteiger charge is -2.20. The fourth-order valence-corrected chi connectivity index (χ4v) is 2.40. The van der Waals surface area contributed by atoms with Crippen LogP contribution in [0.5, 0.6) is 0 Å². The molecule has 0 heterocycles. The smallest absolute Gasteiger partial charge is 0.480 e. The van der Waals surface area contributed by atoms with Gasteiger partial charge in [-0.05, 0) is 5.92 Å². The van der Waals surface area contributed by atoms with E-state index in [4.69, 9.17) is 5.11 Å². The molecule has 0 unspecified atom stereocenters. The van der Waals surface area contributed by atoms with Crippen molar-refractivity contribution in [3.05, 3.63) is 0 Å². The fraction of sp³-hybridized carbons (Fsp3) is 0.857. The first-order valence-corrected chi connectivity index (χ1v) is 5.63. The SMILES string of the molecule is CC[C@H](C)[C@@H](C(=O)O)S(=O)(=O)C(F)(F)F. The molecule has 8 heteroatoms. The van der Waals surface area contributed by atoms with Crippen LogP contribution in [0.1, 0.15) is 20.3 Å². The summed E-state index contributed by atoms with van der Waals surface area (Å²) in [5.74, 6) is -3.06. The van der Waals surface area contributed by atoms with Crippen molar-refractivity contribution in [3.8, 4) is 0 Å². The summed E-state index contributed by atoms with van der Waals surface area (Å²) >= 11 is 0. The lowest BCUT2D eigenvalue weighted by atomic mass is 10.1. The Morgan fingerprint density at radius 1 is 1.40 bits per heavy atom. The van der Waals surface area contributed by atoms with Gasteiger partial charge in [-0.25, -0.2) is 8.42 Å². The number of carbonyl (C=O) groups is 1. The predicted octanol–water partition coefficient (Wildman–Crippen LogP) is 1.42. The average molecular weight is 248 g/mol. The van der Waals surface area contributed by atoms with Gasteiger partial charge in [0.25, 0.3) is 9.84 Å². The molecular weight excluding hydrogens is 237 g/mol. The third-order valence-electron chi connectivity index (χ3n) is 2.06. The van der Waals surface area contributed by atoms with Gasteiger partial charge in [0.15, 0.2) is 5.25 Å². The topological polar surface area (TPSA) is 71.4 Å². The Morgan fingerprint density at radius 2 is 1.80 bits per heavy atom. The van der Waals surface area contributed by atoms with E-state index in [9.17, 15) is 26.4 Å². The van der Waals surface area contributed by atoms with Crippen molar-refractivity contribution in [1.29, 1.82) is 0 Å². The van der Waals surface area contributed by atoms with E-state index in [1.165, 1.54) is 6.92 Å². The van der Waals surface area contributed by atoms with E-state index in [-0.39, 0.29) is 6.42 Å². The molecule has 0 bridgehead atoms. The van der Waals surface area contributed by atoms with E-state index in [1.807, 2.05) is 0 Å². The monoisotopic (exact) mass is 248 g/mol. The van der Waals surface area contributed by atoms with Crippen LogP contribution in [0, 0.1) is 5.92 Å². The number of carboxylic acid groups (broad SMARTS) is 1. The second-order valence-corrected chi connectivity index (χ2v) is 5.20. The zero-order chi connectivity index (χ0) is 12.4. The molecule has 0 fully saturated rings. The number of hydrogen-bond donors (Lipinski definition) is 1. The van der Waals surface area contributed by atoms with Crippen LogP contribution in [0.4, 0.5) is 13.2 Å². The molecule has 90 valence electrons. The molecule has 0 saturated heterocycles. The minimum atomic E-state index is -5.65. The van der Waals surface area contributed by atoms with E-state index < -0.39 is 32.5 Å². The summed E-state index contributed by atoms with van der Waals surface area (Å²) in [6.45, 7) is 2.58. The highest BCUT2D eigenvalue weighted by Crippen LogP contribution is 2.31. The van der Waals surface area contributed by atoms with Gasteiger partial charge in [0, 0.05) is 0 Å². The van der Waals surface area contributed by atoms with E-state index >= 15 is 0 Å². The molecule has 0 radical (unpaired) electrons. The number of alkyl halides is 3. The summed E-state index contributed by atoms with van der Waals surface area (Å²) < 4.78 is 58.0. The minimum Gasteiger partial charge on any atom is -0.480 e. The van der Waals surface area contributed by atoms with Crippen LogP contribution in [0.15, 0.2) is 0 Å². The van der Waals surface area contributed by atoms with Crippen molar-refractivity contribution in [2.24, 2.45) is 5.92 Å². The Hall–Kier alpha value is -0.790. The van der Waals surface area contributed by atoms with E-state index in [1.54, 1.807) is 0 Å². The first kappa shape index (κ1) is 14.2. The number of rotatable bonds is 4. The average Bonchev–Trinajstić information content (AvgIpc) is 2.00. The van der Waals surface area contributed by atoms with Crippen LogP contribution in [-0.2, 0) is 14.6 Å². The standard InChI is InChI=1S/C7H11F3O4S/c1-3-4(2)5(6(11)12)15(13,14)7(8,9)10/h4-5H,3H2,1-2H3,(H,11,12)/t4-,5-/m0/s1. The third-order valence-corrected chi connectivity index (χ3v) is 4.04. The minimum absolute atomic E-state index is 0.0340. The summed E-state index contributed by atoms with van der Waals surface area (Å²) in [5, 5.41) is 6.07. The molecule has 15 heavy (non-hydrogen) atoms. The van der Waals surface area contributed by atoms with Crippen molar-refractivity contribution in [2.45, 2.75) is 31.0 Å². The second kappa shape index (κ2) is 4.38. The summed E-state index contributed by atoms with van der Waals surface area (Å²) in [6, 6.07) is 0. The van der Waals surface area contributed by atoms with Crippen LogP contribution in [0.25, 0.3) is 0 Å². The highest BCUT2D eigenvalue weighted by atomic mass is 32.2. The quantitative estimate of drug-likeness (QED) is 0.816. The van der Waals surface area contributed by atoms with Gasteiger partial charge in [-0.15, -0.1) is 0 Å². The van der Waals surface area contributed by atoms with Gasteiger partial charge in [0.05, 0.1) is 0 Å². The molecule has 0 amide bonds. The predicted molar refractivity (Wildman–Crippen MR) is 45.9 cm³/mol. The first-order valence-electron chi connectivity index (χ1n) is 4.08. The van der Waals surface area contributed by atoms with Crippen LogP contribution in [-0.4, -0.2) is 30.3 Å². The molecule has 1 N–H and O–H groups in total. The molecule has 0 aromatic carbocycles. The van der Waals surface area contributed by atoms with Crippen molar-refractivity contribution in [1.82, 2.24) is 0 Å². The second-order valence-electron chi connectivity index (χ2n) is 3.14. The fourth-order valence-electron chi connectivity index (χ4n) is 1.04. The lowest BCUT2D eigenvalue weighted by Crippen LogP contribution is -2.43. The van der Waals surface area contributed by atoms with Gasteiger partial charge < -0.3 is 5.11 Å². The third kappa shape index (κ3) is 2.83. The van der Waals surface area contributed by atoms with E-state index in [0.29, 0.717) is 0 Å². The molecule has 0 rings (SSSR count). The van der Waals surface area contributed by atoms with E-state index in [0.717, 1.165) is 6.92 Å². The molecule has 2 atom stereocenters. The Labute approximate surface area is 85.0 Å². The van der Waals surface area contributed by atoms with Crippen molar-refractivity contribution in [3.63, 3.8) is 0 Å². The van der Waals surface area contributed by atoms with Gasteiger partial charge in [-0.3, -0.25) is 4.79 Å². The molecule has 0 saturated carbocycles. The van der Waals surface area contributed by atoms with Crippen LogP contribution in [0.3, 0.4) is 0 Å². The zero-order valence-corrected chi connectivity index (χ0v) is 8.89. The van der Waals surface area contributed by atoms with Crippen molar-refractivity contribution < 1.29 is 31.5 Å². The Kier molecular flexibility index (Phi) is 4.15. The van der Waals surface area contributed by atoms with Gasteiger partial charge in [-0.1, -0.05) is 20.3 Å². The summed E-state index contributed by atoms with van der Waals surface area (Å²) in [7, 11) is -5.65. The highest BCUT2D eigenvalue weighted by molar-refractivity contribution is 7.93. The highest BCUT2D eigenvalue weighted by Gasteiger charge is 2.54. The molecule has 0 spiro atoms. The van der Waals surface area contributed by atoms with Gasteiger partial charge in [-0.2, -0.15) is 13.2 Å². The number of sulfone groups is 1. The number of carboxylic acids is 1. The van der Waals surface area contributed by atoms with Crippen LogP contribution >= 0.6 is 0 Å². The van der Waals surface area contributed by atoms with Crippen molar-refractivity contribution in [2.75, 3.05) is 0 Å². The maximum Gasteiger partial charge on any atom is 0.498 e. The van der Waals surface area contributed by atoms with Crippen LogP contribution < -0.4 is 0 Å². The maximum atomic E-state index is 12.1. The zero-order valence-electron chi connectivity index (χ0n) is 8.08. The van der Waals surface area contributed by atoms with Crippen molar-refractivity contribution >= 4 is 15.8 Å². The Bertz CT molecular complexity index is 333. The lowest BCUT2D eigenvalue weighted by molar-refractivity contribution is -0.138. The molecular formula is C7H11F3O4S. The van der Waals surface area contributed by atoms with E-state index in [2.05, 4.69) is 0 Å². The molecule has 0 aromatic heterocycles. The van der Waals surface area contributed by atoms with Gasteiger partial charge >= 0.3 is 11.5 Å². The molecule has 4 nitrogen and oxygen atoms in total. The molecule has 0 aliphatic carbocycles. The number of aliphatic carboxylic acids is 1. The molecule has 0 aliphatic rings. The molecule has 0 aromatic rings. The summed E-state index contributed by atoms with van der Waals surface area (Å²) in [5.41, 5.74) is -5.53. The number of hydrogen-bond acceptors (Lipinski definition) is 3. The normalized spacial score (nSPS) is 17.1. The largest absolute Gasteiger partial charge is 0.498 e. The Balaban J connectivity index is 5.39. The van der Waals surface area contributed by atoms with Gasteiger partial charge in [0.2, 0.25) is 0 Å². The maximum absolute atomic E-state index is 12.1. The summed E-state index contributed by atoms with van der Waals surface area (Å²) in [6.07, 6.45) is 0.0340. The number of halogens is 3. The van der Waals surface area contributed by atoms with Crippen LogP contribution in [0.2, 0.25) is 0 Å². The van der Waals surface area contributed by atoms with Gasteiger partial charge in [0.1, 0.15) is 0 Å². The Morgan fingerprint density at radius 3 is 2.00 bits per heavy atom. The first-order chi connectivity index (χ1) is 6.55. The summed E-state index contributed by atoms with van der Waals surface area (Å²) in [4.78, 5) is 10.5.